The lowest BCUT2D eigenvalue weighted by Gasteiger charge is -2.30. The van der Waals surface area contributed by atoms with E-state index in [9.17, 15) is 5.26 Å². The highest BCUT2D eigenvalue weighted by atomic mass is 16.3. The summed E-state index contributed by atoms with van der Waals surface area (Å²) in [6.07, 6.45) is 3.48. The van der Waals surface area contributed by atoms with Gasteiger partial charge in [-0.05, 0) is 56.6 Å². The molecule has 2 aromatic heterocycles. The summed E-state index contributed by atoms with van der Waals surface area (Å²) in [5.41, 5.74) is 13.3. The molecule has 1 unspecified atom stereocenters. The van der Waals surface area contributed by atoms with Crippen molar-refractivity contribution in [2.45, 2.75) is 5.41 Å². The quantitative estimate of drug-likeness (QED) is 0.177. The first kappa shape index (κ1) is 29.0. The van der Waals surface area contributed by atoms with Crippen LogP contribution < -0.4 is 0 Å². The number of nitriles is 1. The van der Waals surface area contributed by atoms with Gasteiger partial charge in [0.2, 0.25) is 0 Å². The molecular formula is C45H27N5O. The highest BCUT2D eigenvalue weighted by molar-refractivity contribution is 6.10. The zero-order valence-corrected chi connectivity index (χ0v) is 27.5. The lowest BCUT2D eigenvalue weighted by atomic mass is 9.70. The molecule has 1 spiro atoms. The molecule has 10 rings (SSSR count). The van der Waals surface area contributed by atoms with Gasteiger partial charge in [0.15, 0.2) is 17.5 Å². The molecule has 51 heavy (non-hydrogen) atoms. The maximum Gasteiger partial charge on any atom is 0.164 e. The first-order valence-electron chi connectivity index (χ1n) is 16.8. The monoisotopic (exact) mass is 653 g/mol. The minimum absolute atomic E-state index is 0.522. The number of aromatic nitrogens is 3. The van der Waals surface area contributed by atoms with Crippen molar-refractivity contribution in [3.05, 3.63) is 173 Å². The second-order valence-electron chi connectivity index (χ2n) is 12.9. The Bertz CT molecular complexity index is 2720. The molecule has 6 aromatic carbocycles. The van der Waals surface area contributed by atoms with Crippen molar-refractivity contribution in [3.8, 4) is 62.5 Å². The van der Waals surface area contributed by atoms with Gasteiger partial charge in [0.25, 0.3) is 0 Å². The summed E-state index contributed by atoms with van der Waals surface area (Å²) >= 11 is 0. The first-order chi connectivity index (χ1) is 25.2. The van der Waals surface area contributed by atoms with E-state index in [0.717, 1.165) is 61.0 Å². The predicted molar refractivity (Wildman–Crippen MR) is 200 cm³/mol. The van der Waals surface area contributed by atoms with E-state index in [1.807, 2.05) is 72.9 Å². The summed E-state index contributed by atoms with van der Waals surface area (Å²) in [6.45, 7) is 0. The zero-order valence-electron chi connectivity index (χ0n) is 27.5. The van der Waals surface area contributed by atoms with Gasteiger partial charge in [-0.15, -0.1) is 0 Å². The van der Waals surface area contributed by atoms with Crippen LogP contribution in [0.4, 0.5) is 0 Å². The smallest absolute Gasteiger partial charge is 0.164 e. The van der Waals surface area contributed by atoms with Crippen molar-refractivity contribution < 1.29 is 4.42 Å². The molecule has 6 heteroatoms. The molecule has 238 valence electrons. The van der Waals surface area contributed by atoms with Gasteiger partial charge in [0.1, 0.15) is 17.9 Å². The molecule has 0 bridgehead atoms. The maximum atomic E-state index is 10.2. The third-order valence-electron chi connectivity index (χ3n) is 10.3. The van der Waals surface area contributed by atoms with Gasteiger partial charge in [0.05, 0.1) is 11.0 Å². The number of benzene rings is 6. The minimum Gasteiger partial charge on any atom is -0.463 e. The third-order valence-corrected chi connectivity index (χ3v) is 10.3. The summed E-state index contributed by atoms with van der Waals surface area (Å²) in [4.78, 5) is 19.4. The van der Waals surface area contributed by atoms with Crippen LogP contribution in [0.15, 0.2) is 149 Å². The van der Waals surface area contributed by atoms with Crippen LogP contribution in [-0.2, 0) is 5.41 Å². The summed E-state index contributed by atoms with van der Waals surface area (Å²) in [6, 6.07) is 48.4. The number of nitrogens with zero attached hydrogens (tertiary/aromatic N) is 5. The summed E-state index contributed by atoms with van der Waals surface area (Å²) < 4.78 is 5.94. The molecule has 0 fully saturated rings. The first-order valence-corrected chi connectivity index (χ1v) is 16.8. The van der Waals surface area contributed by atoms with Crippen LogP contribution in [0.5, 0.6) is 0 Å². The van der Waals surface area contributed by atoms with Gasteiger partial charge < -0.3 is 4.42 Å². The Hall–Kier alpha value is -6.97. The van der Waals surface area contributed by atoms with E-state index in [1.54, 1.807) is 13.3 Å². The van der Waals surface area contributed by atoms with Gasteiger partial charge in [-0.25, -0.2) is 15.0 Å². The molecule has 0 N–H and O–H groups in total. The largest absolute Gasteiger partial charge is 0.463 e. The predicted octanol–water partition coefficient (Wildman–Crippen LogP) is 9.88. The molecule has 8 aromatic rings. The fourth-order valence-corrected chi connectivity index (χ4v) is 8.28. The fraction of sp³-hybridized carbons (Fsp3) is 0.0444. The van der Waals surface area contributed by atoms with Crippen LogP contribution in [0.1, 0.15) is 33.4 Å². The summed E-state index contributed by atoms with van der Waals surface area (Å²) in [5, 5.41) is 11.1. The van der Waals surface area contributed by atoms with E-state index in [-0.39, 0.29) is 0 Å². The number of hydrogen-bond acceptors (Lipinski definition) is 6. The maximum absolute atomic E-state index is 10.2. The van der Waals surface area contributed by atoms with Gasteiger partial charge in [0, 0.05) is 40.9 Å². The Labute approximate surface area is 294 Å². The van der Waals surface area contributed by atoms with Gasteiger partial charge in [-0.3, -0.25) is 4.99 Å². The van der Waals surface area contributed by atoms with Crippen molar-refractivity contribution >= 4 is 17.2 Å². The fourth-order valence-electron chi connectivity index (χ4n) is 8.28. The van der Waals surface area contributed by atoms with Crippen LogP contribution in [-0.4, -0.2) is 28.2 Å². The average Bonchev–Trinajstić information content (AvgIpc) is 3.85. The van der Waals surface area contributed by atoms with Crippen LogP contribution in [0.3, 0.4) is 0 Å². The zero-order chi connectivity index (χ0) is 34.1. The minimum atomic E-state index is -0.631. The van der Waals surface area contributed by atoms with Crippen molar-refractivity contribution in [1.29, 1.82) is 5.26 Å². The van der Waals surface area contributed by atoms with Crippen molar-refractivity contribution in [3.63, 3.8) is 0 Å². The van der Waals surface area contributed by atoms with E-state index in [0.29, 0.717) is 28.6 Å². The molecule has 0 radical (unpaired) electrons. The van der Waals surface area contributed by atoms with Gasteiger partial charge in [-0.2, -0.15) is 5.26 Å². The Morgan fingerprint density at radius 3 is 1.92 bits per heavy atom. The lowest BCUT2D eigenvalue weighted by molar-refractivity contribution is 0.614. The Balaban J connectivity index is 1.26. The number of hydrogen-bond donors (Lipinski definition) is 0. The van der Waals surface area contributed by atoms with E-state index in [1.165, 1.54) is 11.1 Å². The van der Waals surface area contributed by atoms with Crippen LogP contribution in [0.25, 0.3) is 67.4 Å². The van der Waals surface area contributed by atoms with Crippen LogP contribution in [0, 0.1) is 11.3 Å². The molecule has 6 nitrogen and oxygen atoms in total. The number of rotatable bonds is 4. The summed E-state index contributed by atoms with van der Waals surface area (Å²) in [5.74, 6) is 1.85. The van der Waals surface area contributed by atoms with E-state index < -0.39 is 5.41 Å². The second-order valence-corrected chi connectivity index (χ2v) is 12.9. The third kappa shape index (κ3) is 4.03. The molecule has 0 aliphatic heterocycles. The summed E-state index contributed by atoms with van der Waals surface area (Å²) in [7, 11) is 1.79. The Morgan fingerprint density at radius 2 is 1.22 bits per heavy atom. The van der Waals surface area contributed by atoms with E-state index in [4.69, 9.17) is 19.4 Å². The normalized spacial score (nSPS) is 15.1. The Kier molecular flexibility index (Phi) is 6.27. The molecule has 0 saturated heterocycles. The molecule has 1 atom stereocenters. The lowest BCUT2D eigenvalue weighted by Crippen LogP contribution is -2.25. The van der Waals surface area contributed by atoms with Gasteiger partial charge in [-0.1, -0.05) is 121 Å². The number of fused-ring (bicyclic) bond motifs is 12. The van der Waals surface area contributed by atoms with E-state index >= 15 is 0 Å². The van der Waals surface area contributed by atoms with Crippen molar-refractivity contribution in [2.75, 3.05) is 7.05 Å². The molecule has 2 aliphatic rings. The van der Waals surface area contributed by atoms with Crippen LogP contribution in [0.2, 0.25) is 0 Å². The number of furan rings is 1. The molecule has 2 aliphatic carbocycles. The van der Waals surface area contributed by atoms with Crippen molar-refractivity contribution in [2.24, 2.45) is 4.99 Å². The molecular weight excluding hydrogens is 627 g/mol. The highest BCUT2D eigenvalue weighted by Gasteiger charge is 2.53. The number of aliphatic imine (C=N–C) groups is 1. The molecule has 0 amide bonds. The SMILES string of the molecule is C/N=C/c1cccc2c1-c1c(ccc3occ(C#N)c13)C21c2ccccc2-c2cc(-c3nc(-c4ccccc4)nc(-c4ccccc4)n3)ccc21. The van der Waals surface area contributed by atoms with Crippen LogP contribution >= 0.6 is 0 Å². The second kappa shape index (κ2) is 11.0. The topological polar surface area (TPSA) is 88.0 Å². The van der Waals surface area contributed by atoms with Gasteiger partial charge >= 0.3 is 0 Å². The standard InChI is InChI=1S/C45H27N5O/c1-47-25-30-15-10-18-36-39(30)41-37(21-22-38-40(41)31(24-46)26-51-38)45(36)34-17-9-8-16-32(34)33-23-29(19-20-35(33)45)44-49-42(27-11-4-2-5-12-27)48-43(50-44)28-13-6-3-7-14-28/h2-23,25-26H,1H3/b47-25+. The Morgan fingerprint density at radius 1 is 0.608 bits per heavy atom. The van der Waals surface area contributed by atoms with E-state index in [2.05, 4.69) is 77.8 Å². The average molecular weight is 654 g/mol. The molecule has 0 saturated carbocycles. The highest BCUT2D eigenvalue weighted by Crippen LogP contribution is 2.64. The van der Waals surface area contributed by atoms with Crippen molar-refractivity contribution in [1.82, 2.24) is 15.0 Å². The molecule has 2 heterocycles.